The number of nitrogens with zero attached hydrogens (tertiary/aromatic N) is 3. The van der Waals surface area contributed by atoms with Crippen molar-refractivity contribution in [2.45, 2.75) is 19.4 Å². The van der Waals surface area contributed by atoms with Crippen molar-refractivity contribution in [2.24, 2.45) is 0 Å². The largest absolute Gasteiger partial charge is 0.349 e. The first kappa shape index (κ1) is 17.7. The summed E-state index contributed by atoms with van der Waals surface area (Å²) in [6.45, 7) is 0.396. The molecule has 0 fully saturated rings. The molecule has 6 heteroatoms. The molecule has 1 N–H and O–H groups in total. The van der Waals surface area contributed by atoms with Gasteiger partial charge in [-0.05, 0) is 36.2 Å². The Hall–Kier alpha value is -3.15. The van der Waals surface area contributed by atoms with Crippen LogP contribution in [-0.2, 0) is 17.8 Å². The average Bonchev–Trinajstić information content (AvgIpc) is 3.07. The number of nitrogens with one attached hydrogen (secondary N) is 1. The molecule has 0 aliphatic rings. The van der Waals surface area contributed by atoms with Gasteiger partial charge < -0.3 is 14.6 Å². The Morgan fingerprint density at radius 1 is 1.12 bits per heavy atom. The molecular formula is C20H22N4O2. The molecule has 3 aromatic rings. The van der Waals surface area contributed by atoms with E-state index in [-0.39, 0.29) is 11.8 Å². The number of hydrogen-bond donors (Lipinski definition) is 1. The zero-order valence-corrected chi connectivity index (χ0v) is 15.0. The van der Waals surface area contributed by atoms with Gasteiger partial charge in [0.15, 0.2) is 0 Å². The number of fused-ring (bicyclic) bond motifs is 1. The molecule has 0 bridgehead atoms. The van der Waals surface area contributed by atoms with Crippen molar-refractivity contribution in [2.75, 3.05) is 14.1 Å². The van der Waals surface area contributed by atoms with Crippen molar-refractivity contribution in [1.29, 1.82) is 0 Å². The van der Waals surface area contributed by atoms with Crippen molar-refractivity contribution in [1.82, 2.24) is 19.6 Å². The third kappa shape index (κ3) is 4.08. The number of carbonyl (C=O) groups excluding carboxylic acids is 2. The molecule has 0 saturated heterocycles. The zero-order chi connectivity index (χ0) is 18.5. The normalized spacial score (nSPS) is 10.7. The molecule has 3 rings (SSSR count). The lowest BCUT2D eigenvalue weighted by Gasteiger charge is -2.10. The van der Waals surface area contributed by atoms with Gasteiger partial charge in [-0.1, -0.05) is 18.2 Å². The highest BCUT2D eigenvalue weighted by Crippen LogP contribution is 2.09. The number of pyridine rings is 1. The Balaban J connectivity index is 1.50. The van der Waals surface area contributed by atoms with Crippen molar-refractivity contribution in [3.63, 3.8) is 0 Å². The summed E-state index contributed by atoms with van der Waals surface area (Å²) >= 11 is 0. The van der Waals surface area contributed by atoms with Gasteiger partial charge in [0.2, 0.25) is 5.91 Å². The van der Waals surface area contributed by atoms with Crippen LogP contribution < -0.4 is 5.32 Å². The second-order valence-corrected chi connectivity index (χ2v) is 6.34. The van der Waals surface area contributed by atoms with Crippen molar-refractivity contribution in [3.8, 4) is 0 Å². The maximum atomic E-state index is 12.1. The summed E-state index contributed by atoms with van der Waals surface area (Å²) < 4.78 is 1.96. The Kier molecular flexibility index (Phi) is 5.31. The van der Waals surface area contributed by atoms with E-state index in [1.807, 2.05) is 40.9 Å². The van der Waals surface area contributed by atoms with Crippen LogP contribution in [0.25, 0.3) is 5.52 Å². The van der Waals surface area contributed by atoms with Gasteiger partial charge in [-0.2, -0.15) is 0 Å². The molecule has 0 aliphatic heterocycles. The Morgan fingerprint density at radius 3 is 2.62 bits per heavy atom. The molecule has 0 radical (unpaired) electrons. The van der Waals surface area contributed by atoms with Gasteiger partial charge in [-0.3, -0.25) is 9.59 Å². The summed E-state index contributed by atoms with van der Waals surface area (Å²) in [5.41, 5.74) is 2.68. The molecule has 1 aromatic carbocycles. The lowest BCUT2D eigenvalue weighted by Crippen LogP contribution is -2.24. The van der Waals surface area contributed by atoms with E-state index >= 15 is 0 Å². The summed E-state index contributed by atoms with van der Waals surface area (Å²) in [5.74, 6) is 0.757. The van der Waals surface area contributed by atoms with Crippen molar-refractivity contribution < 1.29 is 9.59 Å². The second kappa shape index (κ2) is 7.82. The van der Waals surface area contributed by atoms with Crippen LogP contribution in [0.5, 0.6) is 0 Å². The Morgan fingerprint density at radius 2 is 1.88 bits per heavy atom. The van der Waals surface area contributed by atoms with Gasteiger partial charge in [-0.15, -0.1) is 0 Å². The average molecular weight is 350 g/mol. The molecule has 2 aromatic heterocycles. The minimum Gasteiger partial charge on any atom is -0.349 e. The SMILES string of the molecule is CN(C)C(=O)c1ccc(CCC(=O)NCc2ncc3ccccn23)cc1. The van der Waals surface area contributed by atoms with E-state index in [0.29, 0.717) is 24.9 Å². The number of aryl methyl sites for hydroxylation is 1. The van der Waals surface area contributed by atoms with Crippen molar-refractivity contribution in [3.05, 3.63) is 71.8 Å². The molecule has 26 heavy (non-hydrogen) atoms. The standard InChI is InChI=1S/C20H22N4O2/c1-23(2)20(26)16-9-6-15(7-10-16)8-11-19(25)22-14-18-21-13-17-5-3-4-12-24(17)18/h3-7,9-10,12-13H,8,11,14H2,1-2H3,(H,22,25). The number of benzene rings is 1. The van der Waals surface area contributed by atoms with Crippen LogP contribution in [0.1, 0.15) is 28.2 Å². The van der Waals surface area contributed by atoms with Crippen LogP contribution in [0.4, 0.5) is 0 Å². The lowest BCUT2D eigenvalue weighted by atomic mass is 10.1. The van der Waals surface area contributed by atoms with E-state index < -0.39 is 0 Å². The van der Waals surface area contributed by atoms with Crippen LogP contribution >= 0.6 is 0 Å². The number of rotatable bonds is 6. The zero-order valence-electron chi connectivity index (χ0n) is 15.0. The Labute approximate surface area is 152 Å². The monoisotopic (exact) mass is 350 g/mol. The number of amides is 2. The van der Waals surface area contributed by atoms with E-state index in [9.17, 15) is 9.59 Å². The van der Waals surface area contributed by atoms with Crippen LogP contribution in [0.2, 0.25) is 0 Å². The summed E-state index contributed by atoms with van der Waals surface area (Å²) in [6, 6.07) is 13.3. The molecule has 0 aliphatic carbocycles. The lowest BCUT2D eigenvalue weighted by molar-refractivity contribution is -0.121. The van der Waals surface area contributed by atoms with Crippen LogP contribution in [0.3, 0.4) is 0 Å². The maximum absolute atomic E-state index is 12.1. The Bertz CT molecular complexity index is 913. The van der Waals surface area contributed by atoms with Crippen LogP contribution in [0, 0.1) is 0 Å². The molecule has 0 spiro atoms. The summed E-state index contributed by atoms with van der Waals surface area (Å²) in [4.78, 5) is 29.9. The molecule has 0 atom stereocenters. The first-order valence-electron chi connectivity index (χ1n) is 8.53. The van der Waals surface area contributed by atoms with E-state index in [4.69, 9.17) is 0 Å². The minimum absolute atomic E-state index is 0.0221. The fourth-order valence-corrected chi connectivity index (χ4v) is 2.73. The number of carbonyl (C=O) groups is 2. The molecule has 2 heterocycles. The predicted molar refractivity (Wildman–Crippen MR) is 99.8 cm³/mol. The van der Waals surface area contributed by atoms with Gasteiger partial charge in [0.05, 0.1) is 18.3 Å². The quantitative estimate of drug-likeness (QED) is 0.742. The van der Waals surface area contributed by atoms with Gasteiger partial charge in [0.25, 0.3) is 5.91 Å². The number of hydrogen-bond acceptors (Lipinski definition) is 3. The van der Waals surface area contributed by atoms with Gasteiger partial charge in [-0.25, -0.2) is 4.98 Å². The first-order valence-corrected chi connectivity index (χ1v) is 8.53. The molecule has 134 valence electrons. The maximum Gasteiger partial charge on any atom is 0.253 e. The molecule has 0 unspecified atom stereocenters. The predicted octanol–water partition coefficient (Wildman–Crippen LogP) is 2.29. The van der Waals surface area contributed by atoms with Crippen LogP contribution in [0.15, 0.2) is 54.9 Å². The van der Waals surface area contributed by atoms with E-state index in [0.717, 1.165) is 16.9 Å². The van der Waals surface area contributed by atoms with Gasteiger partial charge in [0.1, 0.15) is 5.82 Å². The van der Waals surface area contributed by atoms with Crippen LogP contribution in [-0.4, -0.2) is 40.2 Å². The number of imidazole rings is 1. The number of aromatic nitrogens is 2. The summed E-state index contributed by atoms with van der Waals surface area (Å²) in [5, 5.41) is 2.91. The van der Waals surface area contributed by atoms with Gasteiger partial charge in [0, 0.05) is 32.3 Å². The first-order chi connectivity index (χ1) is 12.5. The molecular weight excluding hydrogens is 328 g/mol. The van der Waals surface area contributed by atoms with Crippen molar-refractivity contribution >= 4 is 17.3 Å². The second-order valence-electron chi connectivity index (χ2n) is 6.34. The van der Waals surface area contributed by atoms with Gasteiger partial charge >= 0.3 is 0 Å². The highest BCUT2D eigenvalue weighted by atomic mass is 16.2. The van der Waals surface area contributed by atoms with E-state index in [1.165, 1.54) is 0 Å². The van der Waals surface area contributed by atoms with E-state index in [2.05, 4.69) is 10.3 Å². The van der Waals surface area contributed by atoms with E-state index in [1.54, 1.807) is 37.3 Å². The third-order valence-electron chi connectivity index (χ3n) is 4.21. The fraction of sp³-hybridized carbons (Fsp3) is 0.250. The third-order valence-corrected chi connectivity index (χ3v) is 4.21. The molecule has 2 amide bonds. The smallest absolute Gasteiger partial charge is 0.253 e. The summed E-state index contributed by atoms with van der Waals surface area (Å²) in [6.07, 6.45) is 4.74. The molecule has 0 saturated carbocycles. The highest BCUT2D eigenvalue weighted by Gasteiger charge is 2.09. The fourth-order valence-electron chi connectivity index (χ4n) is 2.73. The summed E-state index contributed by atoms with van der Waals surface area (Å²) in [7, 11) is 3.45. The topological polar surface area (TPSA) is 66.7 Å². The minimum atomic E-state index is -0.0267. The highest BCUT2D eigenvalue weighted by molar-refractivity contribution is 5.93. The molecule has 6 nitrogen and oxygen atoms in total.